The van der Waals surface area contributed by atoms with E-state index in [1.165, 1.54) is 18.1 Å². The average molecular weight is 258 g/mol. The van der Waals surface area contributed by atoms with Gasteiger partial charge in [-0.3, -0.25) is 4.90 Å². The van der Waals surface area contributed by atoms with Gasteiger partial charge in [-0.15, -0.1) is 0 Å². The monoisotopic (exact) mass is 258 g/mol. The number of rotatable bonds is 3. The van der Waals surface area contributed by atoms with Gasteiger partial charge in [-0.05, 0) is 24.3 Å². The van der Waals surface area contributed by atoms with E-state index in [2.05, 4.69) is 0 Å². The number of nitrogens with zero attached hydrogens (tertiary/aromatic N) is 1. The van der Waals surface area contributed by atoms with E-state index in [1.54, 1.807) is 42.5 Å². The van der Waals surface area contributed by atoms with E-state index in [0.717, 1.165) is 0 Å². The molecule has 98 valence electrons. The van der Waals surface area contributed by atoms with E-state index in [1.807, 2.05) is 0 Å². The Labute approximate surface area is 110 Å². The molecule has 2 aromatic rings. The summed E-state index contributed by atoms with van der Waals surface area (Å²) < 4.78 is 5.11. The van der Waals surface area contributed by atoms with Crippen molar-refractivity contribution >= 4 is 17.4 Å². The lowest BCUT2D eigenvalue weighted by atomic mass is 10.2. The van der Waals surface area contributed by atoms with Crippen LogP contribution in [0.15, 0.2) is 48.5 Å². The lowest BCUT2D eigenvalue weighted by Crippen LogP contribution is -2.31. The van der Waals surface area contributed by atoms with Crippen LogP contribution in [0.1, 0.15) is 0 Å². The van der Waals surface area contributed by atoms with Crippen molar-refractivity contribution in [2.45, 2.75) is 0 Å². The van der Waals surface area contributed by atoms with Gasteiger partial charge in [-0.1, -0.05) is 18.2 Å². The number of carbonyl (C=O) groups excluding carboxylic acids is 1. The average Bonchev–Trinajstić information content (AvgIpc) is 2.41. The highest BCUT2D eigenvalue weighted by molar-refractivity contribution is 5.99. The fraction of sp³-hybridized carbons (Fsp3) is 0.0714. The minimum atomic E-state index is -0.685. The quantitative estimate of drug-likeness (QED) is 0.888. The molecule has 0 aliphatic heterocycles. The van der Waals surface area contributed by atoms with Gasteiger partial charge in [0.1, 0.15) is 11.5 Å². The Morgan fingerprint density at radius 1 is 1.21 bits per heavy atom. The Morgan fingerprint density at radius 3 is 2.58 bits per heavy atom. The zero-order valence-electron chi connectivity index (χ0n) is 10.4. The van der Waals surface area contributed by atoms with Gasteiger partial charge in [-0.2, -0.15) is 0 Å². The highest BCUT2D eigenvalue weighted by atomic mass is 16.5. The lowest BCUT2D eigenvalue weighted by molar-refractivity contribution is 0.256. The fourth-order valence-electron chi connectivity index (χ4n) is 1.79. The van der Waals surface area contributed by atoms with E-state index < -0.39 is 6.03 Å². The highest BCUT2D eigenvalue weighted by Gasteiger charge is 2.18. The second-order valence-electron chi connectivity index (χ2n) is 3.86. The Hall–Kier alpha value is -2.69. The van der Waals surface area contributed by atoms with Crippen molar-refractivity contribution < 1.29 is 14.6 Å². The molecule has 0 aliphatic rings. The molecule has 0 fully saturated rings. The minimum Gasteiger partial charge on any atom is -0.506 e. The molecule has 2 amide bonds. The molecule has 0 bridgehead atoms. The van der Waals surface area contributed by atoms with Crippen LogP contribution in [0.2, 0.25) is 0 Å². The summed E-state index contributed by atoms with van der Waals surface area (Å²) >= 11 is 0. The van der Waals surface area contributed by atoms with Gasteiger partial charge in [0, 0.05) is 6.07 Å². The summed E-state index contributed by atoms with van der Waals surface area (Å²) in [5.41, 5.74) is 6.24. The normalized spacial score (nSPS) is 9.95. The van der Waals surface area contributed by atoms with Crippen molar-refractivity contribution in [3.8, 4) is 11.5 Å². The summed E-state index contributed by atoms with van der Waals surface area (Å²) in [6, 6.07) is 12.7. The van der Waals surface area contributed by atoms with Crippen molar-refractivity contribution in [1.82, 2.24) is 0 Å². The van der Waals surface area contributed by atoms with Crippen LogP contribution in [0.5, 0.6) is 11.5 Å². The number of urea groups is 1. The summed E-state index contributed by atoms with van der Waals surface area (Å²) in [5.74, 6) is 0.572. The molecule has 2 rings (SSSR count). The first-order valence-electron chi connectivity index (χ1n) is 5.65. The maximum absolute atomic E-state index is 11.6. The topological polar surface area (TPSA) is 75.8 Å². The number of methoxy groups -OCH3 is 1. The summed E-state index contributed by atoms with van der Waals surface area (Å²) in [6.45, 7) is 0. The van der Waals surface area contributed by atoms with Crippen LogP contribution >= 0.6 is 0 Å². The van der Waals surface area contributed by atoms with Gasteiger partial charge in [0.2, 0.25) is 0 Å². The third kappa shape index (κ3) is 2.60. The molecule has 0 saturated carbocycles. The van der Waals surface area contributed by atoms with Gasteiger partial charge in [0.15, 0.2) is 0 Å². The number of hydrogen-bond donors (Lipinski definition) is 2. The number of nitrogens with two attached hydrogens (primary N) is 1. The maximum atomic E-state index is 11.6. The molecule has 0 unspecified atom stereocenters. The van der Waals surface area contributed by atoms with Crippen LogP contribution in [0.4, 0.5) is 16.2 Å². The SMILES string of the molecule is COc1cccc(N(C(N)=O)c2ccccc2O)c1. The molecule has 19 heavy (non-hydrogen) atoms. The molecule has 5 nitrogen and oxygen atoms in total. The van der Waals surface area contributed by atoms with Gasteiger partial charge >= 0.3 is 6.03 Å². The van der Waals surface area contributed by atoms with Crippen molar-refractivity contribution in [1.29, 1.82) is 0 Å². The highest BCUT2D eigenvalue weighted by Crippen LogP contribution is 2.33. The second-order valence-corrected chi connectivity index (χ2v) is 3.86. The Balaban J connectivity index is 2.52. The van der Waals surface area contributed by atoms with Crippen LogP contribution in [0.3, 0.4) is 0 Å². The molecule has 3 N–H and O–H groups in total. The molecule has 0 saturated heterocycles. The first-order chi connectivity index (χ1) is 9.13. The fourth-order valence-corrected chi connectivity index (χ4v) is 1.79. The third-order valence-electron chi connectivity index (χ3n) is 2.65. The number of hydrogen-bond acceptors (Lipinski definition) is 3. The Kier molecular flexibility index (Phi) is 3.56. The molecule has 0 spiro atoms. The predicted molar refractivity (Wildman–Crippen MR) is 72.8 cm³/mol. The van der Waals surface area contributed by atoms with Crippen molar-refractivity contribution in [2.24, 2.45) is 5.73 Å². The molecule has 5 heteroatoms. The minimum absolute atomic E-state index is 0.0240. The number of anilines is 2. The van der Waals surface area contributed by atoms with Gasteiger partial charge in [0.05, 0.1) is 18.5 Å². The molecular formula is C14H14N2O3. The first-order valence-corrected chi connectivity index (χ1v) is 5.65. The van der Waals surface area contributed by atoms with Crippen LogP contribution in [-0.4, -0.2) is 18.2 Å². The number of carbonyl (C=O) groups is 1. The summed E-state index contributed by atoms with van der Waals surface area (Å²) in [6.07, 6.45) is 0. The molecule has 0 radical (unpaired) electrons. The van der Waals surface area contributed by atoms with Crippen LogP contribution in [-0.2, 0) is 0 Å². The molecular weight excluding hydrogens is 244 g/mol. The predicted octanol–water partition coefficient (Wildman–Crippen LogP) is 2.62. The van der Waals surface area contributed by atoms with Gasteiger partial charge < -0.3 is 15.6 Å². The number of primary amides is 1. The van der Waals surface area contributed by atoms with E-state index in [-0.39, 0.29) is 5.75 Å². The van der Waals surface area contributed by atoms with Gasteiger partial charge in [0.25, 0.3) is 0 Å². The van der Waals surface area contributed by atoms with E-state index in [9.17, 15) is 9.90 Å². The summed E-state index contributed by atoms with van der Waals surface area (Å²) in [4.78, 5) is 12.9. The number of phenolic OH excluding ortho intramolecular Hbond substituents is 1. The molecule has 2 aromatic carbocycles. The van der Waals surface area contributed by atoms with Crippen molar-refractivity contribution in [2.75, 3.05) is 12.0 Å². The largest absolute Gasteiger partial charge is 0.506 e. The Morgan fingerprint density at radius 2 is 1.95 bits per heavy atom. The third-order valence-corrected chi connectivity index (χ3v) is 2.65. The standard InChI is InChI=1S/C14H14N2O3/c1-19-11-6-4-5-10(9-11)16(14(15)18)12-7-2-3-8-13(12)17/h2-9,17H,1H3,(H2,15,18). The smallest absolute Gasteiger partial charge is 0.324 e. The van der Waals surface area contributed by atoms with Crippen LogP contribution < -0.4 is 15.4 Å². The number of amides is 2. The number of para-hydroxylation sites is 2. The maximum Gasteiger partial charge on any atom is 0.324 e. The molecule has 0 atom stereocenters. The van der Waals surface area contributed by atoms with Crippen molar-refractivity contribution in [3.05, 3.63) is 48.5 Å². The summed E-state index contributed by atoms with van der Waals surface area (Å²) in [5, 5.41) is 9.84. The zero-order chi connectivity index (χ0) is 13.8. The number of aromatic hydroxyl groups is 1. The number of benzene rings is 2. The van der Waals surface area contributed by atoms with E-state index >= 15 is 0 Å². The zero-order valence-corrected chi connectivity index (χ0v) is 10.4. The molecule has 0 heterocycles. The van der Waals surface area contributed by atoms with E-state index in [4.69, 9.17) is 10.5 Å². The van der Waals surface area contributed by atoms with Crippen molar-refractivity contribution in [3.63, 3.8) is 0 Å². The van der Waals surface area contributed by atoms with Crippen LogP contribution in [0.25, 0.3) is 0 Å². The second kappa shape index (κ2) is 5.30. The number of ether oxygens (including phenoxy) is 1. The van der Waals surface area contributed by atoms with Gasteiger partial charge in [-0.25, -0.2) is 4.79 Å². The molecule has 0 aliphatic carbocycles. The summed E-state index contributed by atoms with van der Waals surface area (Å²) in [7, 11) is 1.54. The van der Waals surface area contributed by atoms with E-state index in [0.29, 0.717) is 17.1 Å². The molecule has 0 aromatic heterocycles. The van der Waals surface area contributed by atoms with Crippen LogP contribution in [0, 0.1) is 0 Å². The first kappa shape index (κ1) is 12.8. The Bertz CT molecular complexity index is 599. The number of phenols is 1. The lowest BCUT2D eigenvalue weighted by Gasteiger charge is -2.21.